The van der Waals surface area contributed by atoms with Gasteiger partial charge in [-0.3, -0.25) is 4.28 Å². The average Bonchev–Trinajstić information content (AvgIpc) is 2.39. The smallest absolute Gasteiger partial charge is 0.318 e. The van der Waals surface area contributed by atoms with E-state index in [0.717, 1.165) is 0 Å². The van der Waals surface area contributed by atoms with Gasteiger partial charge in [0.05, 0.1) is 0 Å². The van der Waals surface area contributed by atoms with E-state index in [1.165, 1.54) is 13.2 Å². The first kappa shape index (κ1) is 16.6. The summed E-state index contributed by atoms with van der Waals surface area (Å²) in [6.45, 7) is 1.75. The maximum atomic E-state index is 10.1. The van der Waals surface area contributed by atoms with E-state index in [2.05, 4.69) is 19.4 Å². The molecule has 0 aromatic heterocycles. The monoisotopic (exact) mass is 284 g/mol. The number of oxime groups is 2. The molecule has 0 aliphatic rings. The van der Waals surface area contributed by atoms with Crippen molar-refractivity contribution < 1.29 is 17.5 Å². The summed E-state index contributed by atoms with van der Waals surface area (Å²) in [6.07, 6.45) is 3.21. The molecule has 0 aliphatic heterocycles. The second-order valence-electron chi connectivity index (χ2n) is 3.27. The predicted molar refractivity (Wildman–Crippen MR) is 67.4 cm³/mol. The summed E-state index contributed by atoms with van der Waals surface area (Å²) < 4.78 is 24.3. The molecule has 1 unspecified atom stereocenters. The number of nitrogens with zero attached hydrogens (tertiary/aromatic N) is 4. The van der Waals surface area contributed by atoms with E-state index in [0.29, 0.717) is 0 Å². The Kier molecular flexibility index (Phi) is 8.41. The Balaban J connectivity index is 4.61. The molecular formula is C10H12N4O4S. The van der Waals surface area contributed by atoms with Crippen LogP contribution in [0.15, 0.2) is 22.5 Å². The minimum absolute atomic E-state index is 0.0708. The highest BCUT2D eigenvalue weighted by molar-refractivity contribution is 7.67. The zero-order chi connectivity index (χ0) is 14.7. The molecule has 0 aromatic carbocycles. The summed E-state index contributed by atoms with van der Waals surface area (Å²) >= 11 is 0. The molecule has 9 heteroatoms. The van der Waals surface area contributed by atoms with Gasteiger partial charge in [0.25, 0.3) is 0 Å². The van der Waals surface area contributed by atoms with Crippen molar-refractivity contribution in [2.75, 3.05) is 7.11 Å². The lowest BCUT2D eigenvalue weighted by molar-refractivity contribution is 0.214. The van der Waals surface area contributed by atoms with Crippen LogP contribution in [-0.2, 0) is 20.1 Å². The van der Waals surface area contributed by atoms with Crippen LogP contribution in [0.25, 0.3) is 0 Å². The van der Waals surface area contributed by atoms with Crippen LogP contribution < -0.4 is 0 Å². The first-order valence-corrected chi connectivity index (χ1v) is 6.11. The van der Waals surface area contributed by atoms with Crippen molar-refractivity contribution in [1.82, 2.24) is 0 Å². The molecule has 0 rings (SSSR count). The molecule has 1 atom stereocenters. The fourth-order valence-corrected chi connectivity index (χ4v) is 1.17. The SMILES string of the molecule is CON=C(C#N)/C=C/C(C)CC(C#N)=NO[SH](=O)=O. The van der Waals surface area contributed by atoms with Crippen LogP contribution in [0.3, 0.4) is 0 Å². The summed E-state index contributed by atoms with van der Waals surface area (Å²) in [4.78, 5) is 4.45. The maximum Gasteiger partial charge on any atom is 0.318 e. The summed E-state index contributed by atoms with van der Waals surface area (Å²) in [5, 5.41) is 24.0. The maximum absolute atomic E-state index is 10.1. The Bertz CT molecular complexity index is 529. The van der Waals surface area contributed by atoms with E-state index in [-0.39, 0.29) is 23.8 Å². The predicted octanol–water partition coefficient (Wildman–Crippen LogP) is 0.517. The van der Waals surface area contributed by atoms with E-state index in [1.807, 2.05) is 0 Å². The number of allylic oxidation sites excluding steroid dienone is 2. The Morgan fingerprint density at radius 2 is 2.05 bits per heavy atom. The molecule has 0 aromatic rings. The largest absolute Gasteiger partial charge is 0.398 e. The second kappa shape index (κ2) is 9.62. The van der Waals surface area contributed by atoms with Crippen LogP contribution in [0.2, 0.25) is 0 Å². The Morgan fingerprint density at radius 3 is 2.53 bits per heavy atom. The normalized spacial score (nSPS) is 13.9. The Morgan fingerprint density at radius 1 is 1.37 bits per heavy atom. The van der Waals surface area contributed by atoms with Gasteiger partial charge in [-0.05, 0) is 12.0 Å². The van der Waals surface area contributed by atoms with Gasteiger partial charge in [0, 0.05) is 6.42 Å². The fraction of sp³-hybridized carbons (Fsp3) is 0.400. The summed E-state index contributed by atoms with van der Waals surface area (Å²) in [5.41, 5.74) is 0.00206. The molecule has 0 heterocycles. The molecule has 0 radical (unpaired) electrons. The van der Waals surface area contributed by atoms with Crippen molar-refractivity contribution in [3.63, 3.8) is 0 Å². The minimum Gasteiger partial charge on any atom is -0.398 e. The highest BCUT2D eigenvalue weighted by atomic mass is 32.2. The van der Waals surface area contributed by atoms with Crippen molar-refractivity contribution >= 4 is 22.4 Å². The quantitative estimate of drug-likeness (QED) is 0.412. The summed E-state index contributed by atoms with van der Waals surface area (Å²) in [7, 11) is -1.81. The van der Waals surface area contributed by atoms with Crippen LogP contribution in [0.5, 0.6) is 0 Å². The molecular weight excluding hydrogens is 272 g/mol. The lowest BCUT2D eigenvalue weighted by Crippen LogP contribution is -2.03. The van der Waals surface area contributed by atoms with Gasteiger partial charge in [-0.15, -0.1) is 0 Å². The molecule has 0 N–H and O–H groups in total. The third-order valence-corrected chi connectivity index (χ3v) is 1.96. The van der Waals surface area contributed by atoms with Gasteiger partial charge in [0.2, 0.25) is 0 Å². The molecule has 0 amide bonds. The van der Waals surface area contributed by atoms with E-state index in [4.69, 9.17) is 10.5 Å². The molecule has 0 aliphatic carbocycles. The summed E-state index contributed by atoms with van der Waals surface area (Å²) in [6, 6.07) is 3.52. The van der Waals surface area contributed by atoms with Crippen LogP contribution in [0, 0.1) is 28.6 Å². The fourth-order valence-electron chi connectivity index (χ4n) is 1.00. The van der Waals surface area contributed by atoms with Gasteiger partial charge < -0.3 is 4.84 Å². The van der Waals surface area contributed by atoms with Crippen molar-refractivity contribution in [3.05, 3.63) is 12.2 Å². The van der Waals surface area contributed by atoms with E-state index in [1.54, 1.807) is 25.1 Å². The summed E-state index contributed by atoms with van der Waals surface area (Å²) in [5.74, 6) is -0.165. The Labute approximate surface area is 112 Å². The molecule has 102 valence electrons. The topological polar surface area (TPSA) is 125 Å². The number of rotatable bonds is 7. The third kappa shape index (κ3) is 8.35. The third-order valence-electron chi connectivity index (χ3n) is 1.75. The van der Waals surface area contributed by atoms with Gasteiger partial charge in [0.15, 0.2) is 11.4 Å². The van der Waals surface area contributed by atoms with E-state index < -0.39 is 11.0 Å². The van der Waals surface area contributed by atoms with Crippen LogP contribution in [0.1, 0.15) is 13.3 Å². The van der Waals surface area contributed by atoms with E-state index >= 15 is 0 Å². The highest BCUT2D eigenvalue weighted by Gasteiger charge is 2.05. The first-order valence-electron chi connectivity index (χ1n) is 5.01. The zero-order valence-corrected chi connectivity index (χ0v) is 11.2. The average molecular weight is 284 g/mol. The van der Waals surface area contributed by atoms with Crippen molar-refractivity contribution in [1.29, 1.82) is 10.5 Å². The van der Waals surface area contributed by atoms with Gasteiger partial charge in [-0.1, -0.05) is 23.3 Å². The number of thiol groups is 1. The zero-order valence-electron chi connectivity index (χ0n) is 10.3. The molecule has 0 bridgehead atoms. The second-order valence-corrected chi connectivity index (χ2v) is 3.88. The van der Waals surface area contributed by atoms with Crippen molar-refractivity contribution in [2.24, 2.45) is 16.2 Å². The van der Waals surface area contributed by atoms with Gasteiger partial charge in [-0.2, -0.15) is 18.9 Å². The number of hydrogen-bond acceptors (Lipinski definition) is 8. The molecule has 0 fully saturated rings. The molecule has 0 saturated heterocycles. The minimum atomic E-state index is -3.12. The lowest BCUT2D eigenvalue weighted by Gasteiger charge is -2.02. The first-order chi connectivity index (χ1) is 9.03. The van der Waals surface area contributed by atoms with E-state index in [9.17, 15) is 8.42 Å². The van der Waals surface area contributed by atoms with Crippen LogP contribution >= 0.6 is 0 Å². The van der Waals surface area contributed by atoms with Crippen LogP contribution in [-0.4, -0.2) is 27.0 Å². The number of nitriles is 2. The molecule has 19 heavy (non-hydrogen) atoms. The standard InChI is InChI=1S/C10H12N4O4S/c1-8(3-4-9(6-11)13-17-2)5-10(7-12)14-18-19(15)16/h3-4,8,19H,5H2,1-2H3/b4-3+,13-9?,14-10?. The van der Waals surface area contributed by atoms with Gasteiger partial charge in [-0.25, -0.2) is 0 Å². The Hall–Kier alpha value is -2.39. The van der Waals surface area contributed by atoms with Gasteiger partial charge >= 0.3 is 11.0 Å². The van der Waals surface area contributed by atoms with Gasteiger partial charge in [0.1, 0.15) is 19.2 Å². The van der Waals surface area contributed by atoms with Crippen molar-refractivity contribution in [2.45, 2.75) is 13.3 Å². The van der Waals surface area contributed by atoms with Crippen molar-refractivity contribution in [3.8, 4) is 12.1 Å². The lowest BCUT2D eigenvalue weighted by atomic mass is 10.0. The van der Waals surface area contributed by atoms with Crippen LogP contribution in [0.4, 0.5) is 0 Å². The number of hydrogen-bond donors (Lipinski definition) is 1. The molecule has 0 saturated carbocycles. The molecule has 8 nitrogen and oxygen atoms in total. The molecule has 0 spiro atoms. The highest BCUT2D eigenvalue weighted by Crippen LogP contribution is 2.06.